The van der Waals surface area contributed by atoms with Gasteiger partial charge in [0.15, 0.2) is 22.4 Å². The van der Waals surface area contributed by atoms with E-state index in [1.807, 2.05) is 6.07 Å². The fourth-order valence-electron chi connectivity index (χ4n) is 2.78. The van der Waals surface area contributed by atoms with E-state index in [4.69, 9.17) is 27.0 Å². The van der Waals surface area contributed by atoms with Crippen LogP contribution in [0.3, 0.4) is 0 Å². The molecule has 1 saturated heterocycles. The standard InChI is InChI=1S/C21H15F3N2O3S2/c1-2-28-17-10-13(6-7-16(17)29-9-8-25)11-18-19(27)26(20(30)31-18)15-5-3-4-14(12-15)21(22,23)24/h3-7,10-12H,2,9H2,1H3/b18-11+. The molecule has 0 saturated carbocycles. The first-order valence-electron chi connectivity index (χ1n) is 8.96. The minimum atomic E-state index is -4.53. The number of halogens is 3. The smallest absolute Gasteiger partial charge is 0.416 e. The molecular weight excluding hydrogens is 449 g/mol. The second kappa shape index (κ2) is 9.41. The molecule has 0 spiro atoms. The number of hydrogen-bond acceptors (Lipinski definition) is 6. The van der Waals surface area contributed by atoms with Crippen molar-refractivity contribution in [2.45, 2.75) is 13.1 Å². The fourth-order valence-corrected chi connectivity index (χ4v) is 4.07. The summed E-state index contributed by atoms with van der Waals surface area (Å²) >= 11 is 6.23. The Bertz CT molecular complexity index is 1090. The molecule has 160 valence electrons. The molecular formula is C21H15F3N2O3S2. The number of benzene rings is 2. The molecule has 0 aromatic heterocycles. The summed E-state index contributed by atoms with van der Waals surface area (Å²) in [5.41, 5.74) is -0.203. The fraction of sp³-hybridized carbons (Fsp3) is 0.190. The Balaban J connectivity index is 1.90. The van der Waals surface area contributed by atoms with Gasteiger partial charge in [-0.25, -0.2) is 0 Å². The Hall–Kier alpha value is -3.03. The lowest BCUT2D eigenvalue weighted by Gasteiger charge is -2.16. The van der Waals surface area contributed by atoms with Gasteiger partial charge in [0.2, 0.25) is 0 Å². The van der Waals surface area contributed by atoms with E-state index in [0.717, 1.165) is 28.8 Å². The summed E-state index contributed by atoms with van der Waals surface area (Å²) in [5, 5.41) is 8.68. The molecule has 1 amide bonds. The maximum Gasteiger partial charge on any atom is 0.416 e. The van der Waals surface area contributed by atoms with Crippen molar-refractivity contribution < 1.29 is 27.4 Å². The van der Waals surface area contributed by atoms with E-state index >= 15 is 0 Å². The van der Waals surface area contributed by atoms with E-state index in [-0.39, 0.29) is 21.5 Å². The third-order valence-electron chi connectivity index (χ3n) is 4.08. The highest BCUT2D eigenvalue weighted by molar-refractivity contribution is 8.27. The summed E-state index contributed by atoms with van der Waals surface area (Å²) in [4.78, 5) is 14.2. The van der Waals surface area contributed by atoms with E-state index < -0.39 is 17.6 Å². The number of rotatable bonds is 6. The van der Waals surface area contributed by atoms with Gasteiger partial charge in [0.25, 0.3) is 5.91 Å². The maximum atomic E-state index is 13.0. The van der Waals surface area contributed by atoms with E-state index in [0.29, 0.717) is 23.7 Å². The van der Waals surface area contributed by atoms with Gasteiger partial charge >= 0.3 is 6.18 Å². The van der Waals surface area contributed by atoms with Gasteiger partial charge in [0.05, 0.1) is 22.8 Å². The zero-order valence-electron chi connectivity index (χ0n) is 16.1. The number of nitrogens with zero attached hydrogens (tertiary/aromatic N) is 2. The van der Waals surface area contributed by atoms with Crippen LogP contribution in [0, 0.1) is 11.3 Å². The van der Waals surface area contributed by atoms with Crippen LogP contribution in [-0.2, 0) is 11.0 Å². The number of nitriles is 1. The molecule has 1 aliphatic heterocycles. The number of alkyl halides is 3. The highest BCUT2D eigenvalue weighted by atomic mass is 32.2. The van der Waals surface area contributed by atoms with Crippen molar-refractivity contribution in [2.24, 2.45) is 0 Å². The minimum Gasteiger partial charge on any atom is -0.490 e. The Kier molecular flexibility index (Phi) is 6.87. The van der Waals surface area contributed by atoms with Gasteiger partial charge in [-0.1, -0.05) is 36.1 Å². The summed E-state index contributed by atoms with van der Waals surface area (Å²) < 4.78 is 50.1. The summed E-state index contributed by atoms with van der Waals surface area (Å²) in [7, 11) is 0. The SMILES string of the molecule is CCOc1cc(/C=C2/SC(=S)N(c3cccc(C(F)(F)F)c3)C2=O)ccc1OCC#N. The number of thioether (sulfide) groups is 1. The van der Waals surface area contributed by atoms with Crippen LogP contribution in [0.15, 0.2) is 47.4 Å². The predicted molar refractivity (Wildman–Crippen MR) is 116 cm³/mol. The third kappa shape index (κ3) is 5.18. The van der Waals surface area contributed by atoms with Gasteiger partial charge in [-0.05, 0) is 48.9 Å². The molecule has 2 aromatic rings. The van der Waals surface area contributed by atoms with Gasteiger partial charge in [0, 0.05) is 0 Å². The number of anilines is 1. The van der Waals surface area contributed by atoms with Crippen LogP contribution in [0.5, 0.6) is 11.5 Å². The van der Waals surface area contributed by atoms with Crippen LogP contribution in [0.1, 0.15) is 18.1 Å². The minimum absolute atomic E-state index is 0.0518. The van der Waals surface area contributed by atoms with Crippen molar-refractivity contribution in [2.75, 3.05) is 18.1 Å². The Morgan fingerprint density at radius 1 is 1.19 bits per heavy atom. The summed E-state index contributed by atoms with van der Waals surface area (Å²) in [6, 6.07) is 11.3. The Morgan fingerprint density at radius 2 is 1.97 bits per heavy atom. The lowest BCUT2D eigenvalue weighted by atomic mass is 10.1. The number of amides is 1. The molecule has 3 rings (SSSR count). The zero-order valence-corrected chi connectivity index (χ0v) is 17.7. The van der Waals surface area contributed by atoms with Crippen LogP contribution in [-0.4, -0.2) is 23.4 Å². The molecule has 0 radical (unpaired) electrons. The molecule has 0 N–H and O–H groups in total. The second-order valence-corrected chi connectivity index (χ2v) is 7.83. The van der Waals surface area contributed by atoms with Gasteiger partial charge in [-0.15, -0.1) is 0 Å². The molecule has 10 heteroatoms. The molecule has 5 nitrogen and oxygen atoms in total. The topological polar surface area (TPSA) is 62.6 Å². The van der Waals surface area contributed by atoms with Gasteiger partial charge in [-0.2, -0.15) is 18.4 Å². The first-order valence-corrected chi connectivity index (χ1v) is 10.2. The van der Waals surface area contributed by atoms with Crippen molar-refractivity contribution >= 4 is 46.0 Å². The van der Waals surface area contributed by atoms with Gasteiger partial charge < -0.3 is 9.47 Å². The van der Waals surface area contributed by atoms with Crippen molar-refractivity contribution in [3.63, 3.8) is 0 Å². The molecule has 0 atom stereocenters. The van der Waals surface area contributed by atoms with Crippen molar-refractivity contribution in [1.82, 2.24) is 0 Å². The molecule has 1 fully saturated rings. The molecule has 0 aliphatic carbocycles. The van der Waals surface area contributed by atoms with E-state index in [2.05, 4.69) is 0 Å². The highest BCUT2D eigenvalue weighted by Crippen LogP contribution is 2.39. The van der Waals surface area contributed by atoms with Gasteiger partial charge in [0.1, 0.15) is 6.07 Å². The maximum absolute atomic E-state index is 13.0. The van der Waals surface area contributed by atoms with Crippen LogP contribution >= 0.6 is 24.0 Å². The number of carbonyl (C=O) groups excluding carboxylic acids is 1. The first-order chi connectivity index (χ1) is 14.7. The average Bonchev–Trinajstić information content (AvgIpc) is 3.00. The summed E-state index contributed by atoms with van der Waals surface area (Å²) in [5.74, 6) is 0.272. The summed E-state index contributed by atoms with van der Waals surface area (Å²) in [6.07, 6.45) is -2.96. The summed E-state index contributed by atoms with van der Waals surface area (Å²) in [6.45, 7) is 2.01. The third-order valence-corrected chi connectivity index (χ3v) is 5.39. The van der Waals surface area contributed by atoms with Crippen LogP contribution < -0.4 is 14.4 Å². The number of carbonyl (C=O) groups is 1. The van der Waals surface area contributed by atoms with E-state index in [1.165, 1.54) is 12.1 Å². The van der Waals surface area contributed by atoms with Crippen molar-refractivity contribution in [3.8, 4) is 17.6 Å². The molecule has 0 unspecified atom stereocenters. The van der Waals surface area contributed by atoms with Crippen LogP contribution in [0.2, 0.25) is 0 Å². The van der Waals surface area contributed by atoms with Gasteiger partial charge in [-0.3, -0.25) is 9.69 Å². The Morgan fingerprint density at radius 3 is 2.65 bits per heavy atom. The lowest BCUT2D eigenvalue weighted by molar-refractivity contribution is -0.137. The molecule has 1 aliphatic rings. The van der Waals surface area contributed by atoms with E-state index in [1.54, 1.807) is 31.2 Å². The number of ether oxygens (including phenoxy) is 2. The first kappa shape index (κ1) is 22.7. The molecule has 1 heterocycles. The van der Waals surface area contributed by atoms with Crippen molar-refractivity contribution in [1.29, 1.82) is 5.26 Å². The van der Waals surface area contributed by atoms with E-state index in [9.17, 15) is 18.0 Å². The van der Waals surface area contributed by atoms with Crippen molar-refractivity contribution in [3.05, 3.63) is 58.5 Å². The molecule has 31 heavy (non-hydrogen) atoms. The predicted octanol–water partition coefficient (Wildman–Crippen LogP) is 5.41. The number of thiocarbonyl (C=S) groups is 1. The monoisotopic (exact) mass is 464 g/mol. The van der Waals surface area contributed by atoms with Crippen LogP contribution in [0.25, 0.3) is 6.08 Å². The highest BCUT2D eigenvalue weighted by Gasteiger charge is 2.36. The normalized spacial score (nSPS) is 15.3. The number of hydrogen-bond donors (Lipinski definition) is 0. The molecule has 2 aromatic carbocycles. The lowest BCUT2D eigenvalue weighted by Crippen LogP contribution is -2.27. The van der Waals surface area contributed by atoms with Crippen LogP contribution in [0.4, 0.5) is 18.9 Å². The quantitative estimate of drug-likeness (QED) is 0.421. The zero-order chi connectivity index (χ0) is 22.6. The Labute approximate surface area is 186 Å². The second-order valence-electron chi connectivity index (χ2n) is 6.15. The largest absolute Gasteiger partial charge is 0.490 e. The average molecular weight is 464 g/mol. The molecule has 0 bridgehead atoms.